The van der Waals surface area contributed by atoms with E-state index < -0.39 is 0 Å². The van der Waals surface area contributed by atoms with E-state index in [1.54, 1.807) is 0 Å². The summed E-state index contributed by atoms with van der Waals surface area (Å²) in [5.74, 6) is 2.46. The molecule has 0 saturated carbocycles. The second kappa shape index (κ2) is 11.5. The summed E-state index contributed by atoms with van der Waals surface area (Å²) in [6, 6.07) is 0. The zero-order valence-electron chi connectivity index (χ0n) is 12.6. The third-order valence-electron chi connectivity index (χ3n) is 3.45. The number of rotatable bonds is 11. The molecule has 0 aliphatic carbocycles. The first-order valence-corrected chi connectivity index (χ1v) is 7.84. The van der Waals surface area contributed by atoms with Crippen LogP contribution in [0.3, 0.4) is 0 Å². The van der Waals surface area contributed by atoms with Gasteiger partial charge >= 0.3 is 0 Å². The van der Waals surface area contributed by atoms with Crippen molar-refractivity contribution >= 4 is 0 Å². The van der Waals surface area contributed by atoms with Crippen LogP contribution in [-0.2, 0) is 13.0 Å². The fourth-order valence-corrected chi connectivity index (χ4v) is 2.20. The Morgan fingerprint density at radius 1 is 1.05 bits per heavy atom. The lowest BCUT2D eigenvalue weighted by molar-refractivity contribution is 0.510. The van der Waals surface area contributed by atoms with Crippen LogP contribution in [0.25, 0.3) is 0 Å². The molecule has 0 unspecified atom stereocenters. The van der Waals surface area contributed by atoms with Crippen molar-refractivity contribution in [3.63, 3.8) is 0 Å². The number of aromatic nitrogens is 3. The smallest absolute Gasteiger partial charge is 0.105 e. The maximum atomic E-state index is 11.5. The first kappa shape index (κ1) is 16.7. The molecule has 0 N–H and O–H groups in total. The topological polar surface area (TPSA) is 30.7 Å². The van der Waals surface area contributed by atoms with Crippen LogP contribution in [0.2, 0.25) is 0 Å². The second-order valence-corrected chi connectivity index (χ2v) is 5.18. The van der Waals surface area contributed by atoms with Gasteiger partial charge in [-0.25, -0.2) is 0 Å². The molecular weight excluding hydrogens is 253 g/mol. The lowest BCUT2D eigenvalue weighted by atomic mass is 10.1. The lowest BCUT2D eigenvalue weighted by Crippen LogP contribution is -1.98. The number of halogens is 1. The van der Waals surface area contributed by atoms with Crippen molar-refractivity contribution in [2.45, 2.75) is 77.7 Å². The van der Waals surface area contributed by atoms with Crippen molar-refractivity contribution in [2.24, 2.45) is 0 Å². The van der Waals surface area contributed by atoms with Crippen LogP contribution in [0.5, 0.6) is 0 Å². The minimum atomic E-state index is 0.703. The van der Waals surface area contributed by atoms with Crippen LogP contribution in [0.1, 0.15) is 70.4 Å². The summed E-state index contributed by atoms with van der Waals surface area (Å²) in [4.78, 5) is 0. The van der Waals surface area contributed by atoms with Crippen molar-refractivity contribution in [1.29, 1.82) is 0 Å². The number of nitrogens with zero attached hydrogens (tertiary/aromatic N) is 3. The highest BCUT2D eigenvalue weighted by Crippen LogP contribution is 2.10. The minimum absolute atomic E-state index is 0.703. The van der Waals surface area contributed by atoms with Gasteiger partial charge < -0.3 is 0 Å². The molecule has 1 aromatic heterocycles. The van der Waals surface area contributed by atoms with Gasteiger partial charge in [-0.05, 0) is 19.3 Å². The van der Waals surface area contributed by atoms with E-state index in [0.29, 0.717) is 6.42 Å². The molecule has 0 saturated heterocycles. The highest BCUT2D eigenvalue weighted by Gasteiger charge is 1.98. The summed E-state index contributed by atoms with van der Waals surface area (Å²) < 4.78 is 13.5. The van der Waals surface area contributed by atoms with Crippen molar-refractivity contribution in [2.75, 3.05) is 0 Å². The molecule has 0 radical (unpaired) electrons. The number of hydrogen-bond acceptors (Lipinski definition) is 2. The average Bonchev–Trinajstić information content (AvgIpc) is 2.93. The van der Waals surface area contributed by atoms with E-state index in [4.69, 9.17) is 0 Å². The van der Waals surface area contributed by atoms with Crippen LogP contribution in [0.15, 0.2) is 6.20 Å². The Bertz CT molecular complexity index is 403. The molecule has 1 heterocycles. The van der Waals surface area contributed by atoms with Gasteiger partial charge in [-0.1, -0.05) is 56.6 Å². The van der Waals surface area contributed by atoms with Gasteiger partial charge in [0.25, 0.3) is 0 Å². The maximum Gasteiger partial charge on any atom is 0.105 e. The van der Waals surface area contributed by atoms with Crippen LogP contribution < -0.4 is 0 Å². The van der Waals surface area contributed by atoms with E-state index in [2.05, 4.69) is 23.2 Å². The number of hydrogen-bond donors (Lipinski definition) is 0. The predicted molar refractivity (Wildman–Crippen MR) is 79.8 cm³/mol. The Morgan fingerprint density at radius 2 is 1.70 bits per heavy atom. The van der Waals surface area contributed by atoms with E-state index in [9.17, 15) is 4.39 Å². The normalized spacial score (nSPS) is 10.3. The summed E-state index contributed by atoms with van der Waals surface area (Å²) in [6.45, 7) is 3.08. The molecule has 1 aromatic rings. The van der Waals surface area contributed by atoms with Gasteiger partial charge in [0.05, 0.1) is 5.69 Å². The average molecular weight is 279 g/mol. The van der Waals surface area contributed by atoms with E-state index in [0.717, 1.165) is 25.1 Å². The van der Waals surface area contributed by atoms with Gasteiger partial charge in [-0.2, -0.15) is 0 Å². The van der Waals surface area contributed by atoms with Gasteiger partial charge in [0.1, 0.15) is 6.17 Å². The molecule has 0 aliphatic heterocycles. The van der Waals surface area contributed by atoms with Crippen LogP contribution in [0.4, 0.5) is 4.39 Å². The standard InChI is InChI=1S/C16H26FN3/c1-2-16-15-20(19-18-16)14-12-10-8-6-4-3-5-7-9-11-13-17/h15H,2-10,12,14H2,1H3. The zero-order chi connectivity index (χ0) is 14.5. The van der Waals surface area contributed by atoms with Gasteiger partial charge in [-0.15, -0.1) is 9.49 Å². The van der Waals surface area contributed by atoms with Crippen molar-refractivity contribution in [3.8, 4) is 12.1 Å². The summed E-state index contributed by atoms with van der Waals surface area (Å²) in [5.41, 5.74) is 1.07. The van der Waals surface area contributed by atoms with Crippen molar-refractivity contribution < 1.29 is 4.39 Å². The highest BCUT2D eigenvalue weighted by molar-refractivity contribution is 4.90. The third kappa shape index (κ3) is 7.93. The van der Waals surface area contributed by atoms with Crippen molar-refractivity contribution in [3.05, 3.63) is 11.9 Å². The quantitative estimate of drug-likeness (QED) is 0.447. The maximum absolute atomic E-state index is 11.5. The molecule has 3 nitrogen and oxygen atoms in total. The molecule has 0 spiro atoms. The van der Waals surface area contributed by atoms with E-state index in [1.807, 2.05) is 10.9 Å². The van der Waals surface area contributed by atoms with E-state index in [1.165, 1.54) is 51.1 Å². The molecule has 0 amide bonds. The summed E-state index contributed by atoms with van der Waals surface area (Å²) >= 11 is 0. The third-order valence-corrected chi connectivity index (χ3v) is 3.45. The fraction of sp³-hybridized carbons (Fsp3) is 0.750. The largest absolute Gasteiger partial charge is 0.252 e. The van der Waals surface area contributed by atoms with Crippen LogP contribution >= 0.6 is 0 Å². The van der Waals surface area contributed by atoms with Gasteiger partial charge in [0.2, 0.25) is 0 Å². The summed E-state index contributed by atoms with van der Waals surface area (Å²) in [6.07, 6.45) is 14.9. The summed E-state index contributed by atoms with van der Waals surface area (Å²) in [5, 5.41) is 8.18. The van der Waals surface area contributed by atoms with Gasteiger partial charge in [-0.3, -0.25) is 4.68 Å². The molecule has 4 heteroatoms. The molecule has 20 heavy (non-hydrogen) atoms. The Balaban J connectivity index is 1.86. The predicted octanol–water partition coefficient (Wildman–Crippen LogP) is 4.28. The molecule has 0 fully saturated rings. The highest BCUT2D eigenvalue weighted by atomic mass is 19.1. The molecule has 112 valence electrons. The zero-order valence-corrected chi connectivity index (χ0v) is 12.6. The molecule has 0 bridgehead atoms. The Morgan fingerprint density at radius 3 is 2.30 bits per heavy atom. The van der Waals surface area contributed by atoms with Gasteiger partial charge in [0.15, 0.2) is 0 Å². The second-order valence-electron chi connectivity index (χ2n) is 5.18. The molecule has 0 aliphatic rings. The SMILES string of the molecule is CCc1cn(CCCCCCCCCCC#CF)nn1. The number of aryl methyl sites for hydroxylation is 2. The number of unbranched alkanes of at least 4 members (excludes halogenated alkanes) is 8. The first-order valence-electron chi connectivity index (χ1n) is 7.84. The van der Waals surface area contributed by atoms with E-state index >= 15 is 0 Å². The van der Waals surface area contributed by atoms with E-state index in [-0.39, 0.29) is 0 Å². The summed E-state index contributed by atoms with van der Waals surface area (Å²) in [7, 11) is 0. The molecule has 0 aromatic carbocycles. The lowest BCUT2D eigenvalue weighted by Gasteiger charge is -2.02. The first-order chi connectivity index (χ1) is 9.86. The Kier molecular flexibility index (Phi) is 9.56. The monoisotopic (exact) mass is 279 g/mol. The Labute approximate surface area is 122 Å². The molecular formula is C16H26FN3. The fourth-order valence-electron chi connectivity index (χ4n) is 2.20. The molecule has 0 atom stereocenters. The van der Waals surface area contributed by atoms with Crippen LogP contribution in [-0.4, -0.2) is 15.0 Å². The van der Waals surface area contributed by atoms with Crippen LogP contribution in [0, 0.1) is 12.1 Å². The Hall–Kier alpha value is -1.37. The van der Waals surface area contributed by atoms with Crippen molar-refractivity contribution in [1.82, 2.24) is 15.0 Å². The van der Waals surface area contributed by atoms with Gasteiger partial charge in [0, 0.05) is 19.2 Å². The molecule has 1 rings (SSSR count). The minimum Gasteiger partial charge on any atom is -0.252 e.